The van der Waals surface area contributed by atoms with Crippen molar-refractivity contribution in [3.63, 3.8) is 0 Å². The van der Waals surface area contributed by atoms with E-state index in [0.29, 0.717) is 5.02 Å². The third kappa shape index (κ3) is 3.43. The van der Waals surface area contributed by atoms with E-state index in [2.05, 4.69) is 0 Å². The van der Waals surface area contributed by atoms with Crippen molar-refractivity contribution in [3.8, 4) is 17.6 Å². The van der Waals surface area contributed by atoms with Gasteiger partial charge in [-0.25, -0.2) is 0 Å². The molecule has 0 heterocycles. The smallest absolute Gasteiger partial charge is 0.311 e. The molecule has 2 rings (SSSR count). The number of rotatable bonds is 4. The summed E-state index contributed by atoms with van der Waals surface area (Å²) in [6.45, 7) is 0. The van der Waals surface area contributed by atoms with E-state index < -0.39 is 4.92 Å². The van der Waals surface area contributed by atoms with Crippen molar-refractivity contribution in [3.05, 3.63) is 62.7 Å². The average Bonchev–Trinajstić information content (AvgIpc) is 2.47. The van der Waals surface area contributed by atoms with Crippen molar-refractivity contribution >= 4 is 28.9 Å². The predicted octanol–water partition coefficient (Wildman–Crippen LogP) is 4.65. The fourth-order valence-electron chi connectivity index (χ4n) is 1.68. The molecule has 0 N–H and O–H groups in total. The zero-order chi connectivity index (χ0) is 15.4. The van der Waals surface area contributed by atoms with Gasteiger partial charge in [0.15, 0.2) is 0 Å². The molecule has 0 saturated heterocycles. The number of nitrogens with zero attached hydrogens (tertiary/aromatic N) is 2. The second kappa shape index (κ2) is 6.44. The number of hydrogen-bond acceptors (Lipinski definition) is 4. The number of ether oxygens (including phenoxy) is 1. The average molecular weight is 323 g/mol. The third-order valence-corrected chi connectivity index (χ3v) is 3.20. The zero-order valence-electron chi connectivity index (χ0n) is 10.5. The van der Waals surface area contributed by atoms with Gasteiger partial charge in [-0.05, 0) is 23.8 Å². The highest BCUT2D eigenvalue weighted by molar-refractivity contribution is 6.30. The number of nitriles is 1. The Morgan fingerprint density at radius 3 is 2.62 bits per heavy atom. The van der Waals surface area contributed by atoms with Crippen LogP contribution in [0.25, 0.3) is 0 Å². The van der Waals surface area contributed by atoms with Gasteiger partial charge < -0.3 is 4.74 Å². The Morgan fingerprint density at radius 1 is 1.24 bits per heavy atom. The van der Waals surface area contributed by atoms with Gasteiger partial charge >= 0.3 is 5.69 Å². The Hall–Kier alpha value is -2.29. The summed E-state index contributed by atoms with van der Waals surface area (Å²) in [5, 5.41) is 20.4. The minimum absolute atomic E-state index is 0.0253. The van der Waals surface area contributed by atoms with Crippen LogP contribution in [0, 0.1) is 21.4 Å². The van der Waals surface area contributed by atoms with Crippen LogP contribution in [0.5, 0.6) is 11.5 Å². The van der Waals surface area contributed by atoms with Gasteiger partial charge in [0.05, 0.1) is 10.5 Å². The first-order valence-electron chi connectivity index (χ1n) is 5.76. The largest absolute Gasteiger partial charge is 0.449 e. The predicted molar refractivity (Wildman–Crippen MR) is 78.9 cm³/mol. The Kier molecular flexibility index (Phi) is 4.63. The number of benzene rings is 2. The molecule has 7 heteroatoms. The first kappa shape index (κ1) is 15.1. The van der Waals surface area contributed by atoms with E-state index >= 15 is 0 Å². The molecule has 21 heavy (non-hydrogen) atoms. The SMILES string of the molecule is N#Cc1cc(CCl)ccc1Oc1cc(Cl)ccc1[N+](=O)[O-]. The molecule has 0 bridgehead atoms. The molecular formula is C14H8Cl2N2O3. The molecule has 0 spiro atoms. The summed E-state index contributed by atoms with van der Waals surface area (Å²) in [7, 11) is 0. The maximum absolute atomic E-state index is 11.0. The molecule has 0 unspecified atom stereocenters. The van der Waals surface area contributed by atoms with Crippen molar-refractivity contribution < 1.29 is 9.66 Å². The van der Waals surface area contributed by atoms with Gasteiger partial charge in [-0.3, -0.25) is 10.1 Å². The maximum Gasteiger partial charge on any atom is 0.311 e. The highest BCUT2D eigenvalue weighted by Crippen LogP contribution is 2.35. The van der Waals surface area contributed by atoms with Crippen LogP contribution in [0.15, 0.2) is 36.4 Å². The molecule has 0 aromatic heterocycles. The summed E-state index contributed by atoms with van der Waals surface area (Å²) in [4.78, 5) is 10.4. The summed E-state index contributed by atoms with van der Waals surface area (Å²) in [6.07, 6.45) is 0. The quantitative estimate of drug-likeness (QED) is 0.466. The van der Waals surface area contributed by atoms with Crippen LogP contribution in [-0.4, -0.2) is 4.92 Å². The Bertz CT molecular complexity index is 741. The summed E-state index contributed by atoms with van der Waals surface area (Å²) < 4.78 is 5.48. The minimum atomic E-state index is -0.579. The molecule has 0 fully saturated rings. The van der Waals surface area contributed by atoms with E-state index in [-0.39, 0.29) is 28.6 Å². The van der Waals surface area contributed by atoms with Gasteiger partial charge in [0.2, 0.25) is 5.75 Å². The fraction of sp³-hybridized carbons (Fsp3) is 0.0714. The molecule has 2 aromatic rings. The lowest BCUT2D eigenvalue weighted by molar-refractivity contribution is -0.385. The van der Waals surface area contributed by atoms with Crippen molar-refractivity contribution in [2.24, 2.45) is 0 Å². The number of nitro groups is 1. The monoisotopic (exact) mass is 322 g/mol. The molecule has 106 valence electrons. The van der Waals surface area contributed by atoms with Crippen molar-refractivity contribution in [1.82, 2.24) is 0 Å². The zero-order valence-corrected chi connectivity index (χ0v) is 12.1. The lowest BCUT2D eigenvalue weighted by Gasteiger charge is -2.09. The molecule has 0 saturated carbocycles. The van der Waals surface area contributed by atoms with Crippen molar-refractivity contribution in [2.75, 3.05) is 0 Å². The van der Waals surface area contributed by atoms with Crippen molar-refractivity contribution in [1.29, 1.82) is 5.26 Å². The maximum atomic E-state index is 11.0. The third-order valence-electron chi connectivity index (χ3n) is 2.66. The van der Waals surface area contributed by atoms with Gasteiger partial charge in [-0.15, -0.1) is 11.6 Å². The molecule has 0 aliphatic heterocycles. The van der Waals surface area contributed by atoms with Crippen LogP contribution in [0.4, 0.5) is 5.69 Å². The van der Waals surface area contributed by atoms with Gasteiger partial charge in [0, 0.05) is 23.0 Å². The van der Waals surface area contributed by atoms with E-state index in [4.69, 9.17) is 33.2 Å². The Labute approximate surface area is 130 Å². The highest BCUT2D eigenvalue weighted by Gasteiger charge is 2.17. The summed E-state index contributed by atoms with van der Waals surface area (Å²) in [5.74, 6) is 0.436. The lowest BCUT2D eigenvalue weighted by atomic mass is 10.1. The number of hydrogen-bond donors (Lipinski definition) is 0. The first-order chi connectivity index (χ1) is 10.0. The topological polar surface area (TPSA) is 76.2 Å². The van der Waals surface area contributed by atoms with E-state index in [1.807, 2.05) is 6.07 Å². The van der Waals surface area contributed by atoms with Crippen LogP contribution in [0.1, 0.15) is 11.1 Å². The second-order valence-corrected chi connectivity index (χ2v) is 4.75. The van der Waals surface area contributed by atoms with E-state index in [1.165, 1.54) is 18.2 Å². The minimum Gasteiger partial charge on any atom is -0.449 e. The molecule has 0 atom stereocenters. The van der Waals surface area contributed by atoms with Gasteiger partial charge in [-0.2, -0.15) is 5.26 Å². The molecule has 2 aromatic carbocycles. The second-order valence-electron chi connectivity index (χ2n) is 4.05. The standard InChI is InChI=1S/C14H8Cl2N2O3/c15-7-9-1-4-13(10(5-9)8-17)21-14-6-11(16)2-3-12(14)18(19)20/h1-6H,7H2. The summed E-state index contributed by atoms with van der Waals surface area (Å²) in [6, 6.07) is 10.7. The van der Waals surface area contributed by atoms with Crippen LogP contribution in [-0.2, 0) is 5.88 Å². The molecule has 5 nitrogen and oxygen atoms in total. The highest BCUT2D eigenvalue weighted by atomic mass is 35.5. The molecular weight excluding hydrogens is 315 g/mol. The molecule has 0 radical (unpaired) electrons. The lowest BCUT2D eigenvalue weighted by Crippen LogP contribution is -1.95. The first-order valence-corrected chi connectivity index (χ1v) is 6.67. The van der Waals surface area contributed by atoms with Gasteiger partial charge in [0.25, 0.3) is 0 Å². The van der Waals surface area contributed by atoms with Gasteiger partial charge in [0.1, 0.15) is 11.8 Å². The molecule has 0 aliphatic carbocycles. The van der Waals surface area contributed by atoms with Crippen molar-refractivity contribution in [2.45, 2.75) is 5.88 Å². The number of nitro benzene ring substituents is 1. The number of alkyl halides is 1. The Morgan fingerprint density at radius 2 is 2.00 bits per heavy atom. The molecule has 0 amide bonds. The van der Waals surface area contributed by atoms with Crippen LogP contribution in [0.3, 0.4) is 0 Å². The van der Waals surface area contributed by atoms with Crippen LogP contribution >= 0.6 is 23.2 Å². The van der Waals surface area contributed by atoms with Gasteiger partial charge in [-0.1, -0.05) is 17.7 Å². The van der Waals surface area contributed by atoms with E-state index in [0.717, 1.165) is 5.56 Å². The van der Waals surface area contributed by atoms with E-state index in [1.54, 1.807) is 18.2 Å². The summed E-state index contributed by atoms with van der Waals surface area (Å²) >= 11 is 11.5. The van der Waals surface area contributed by atoms with Crippen LogP contribution in [0.2, 0.25) is 5.02 Å². The molecule has 0 aliphatic rings. The summed E-state index contributed by atoms with van der Waals surface area (Å²) in [5.41, 5.74) is 0.758. The normalized spacial score (nSPS) is 9.95. The van der Waals surface area contributed by atoms with Crippen LogP contribution < -0.4 is 4.74 Å². The number of halogens is 2. The van der Waals surface area contributed by atoms with E-state index in [9.17, 15) is 10.1 Å². The fourth-order valence-corrected chi connectivity index (χ4v) is 2.00. The Balaban J connectivity index is 2.45.